The number of carbonyl (C=O) groups excluding carboxylic acids is 2. The maximum Gasteiger partial charge on any atom is 0.272 e. The Bertz CT molecular complexity index is 1210. The van der Waals surface area contributed by atoms with Crippen molar-refractivity contribution in [2.24, 2.45) is 0 Å². The maximum atomic E-state index is 13.1. The molecule has 33 heavy (non-hydrogen) atoms. The number of carbonyl (C=O) groups is 2. The quantitative estimate of drug-likeness (QED) is 0.377. The first-order valence-electron chi connectivity index (χ1n) is 9.89. The second kappa shape index (κ2) is 11.0. The van der Waals surface area contributed by atoms with Gasteiger partial charge in [0.25, 0.3) is 11.8 Å². The van der Waals surface area contributed by atoms with Crippen LogP contribution in [0.5, 0.6) is 11.5 Å². The first kappa shape index (κ1) is 24.4. The van der Waals surface area contributed by atoms with Crippen molar-refractivity contribution in [1.82, 2.24) is 5.32 Å². The number of rotatable bonds is 7. The van der Waals surface area contributed by atoms with Crippen molar-refractivity contribution < 1.29 is 19.1 Å². The monoisotopic (exact) mass is 528 g/mol. The van der Waals surface area contributed by atoms with Crippen molar-refractivity contribution in [2.75, 3.05) is 19.5 Å². The second-order valence-corrected chi connectivity index (χ2v) is 8.34. The summed E-state index contributed by atoms with van der Waals surface area (Å²) in [5.74, 6) is 0.129. The molecule has 0 aliphatic heterocycles. The van der Waals surface area contributed by atoms with E-state index in [0.29, 0.717) is 33.3 Å². The first-order valence-corrected chi connectivity index (χ1v) is 11.1. The predicted molar refractivity (Wildman–Crippen MR) is 134 cm³/mol. The summed E-state index contributed by atoms with van der Waals surface area (Å²) < 4.78 is 11.5. The van der Waals surface area contributed by atoms with Crippen LogP contribution in [0.3, 0.4) is 0 Å². The normalized spacial score (nSPS) is 11.0. The smallest absolute Gasteiger partial charge is 0.272 e. The van der Waals surface area contributed by atoms with E-state index in [4.69, 9.17) is 21.1 Å². The fraction of sp³-hybridized carbons (Fsp3) is 0.120. The highest BCUT2D eigenvalue weighted by molar-refractivity contribution is 9.10. The van der Waals surface area contributed by atoms with E-state index in [1.165, 1.54) is 7.11 Å². The number of hydrogen-bond donors (Lipinski definition) is 2. The van der Waals surface area contributed by atoms with Gasteiger partial charge in [-0.25, -0.2) is 0 Å². The third-order valence-corrected chi connectivity index (χ3v) is 5.88. The number of nitrogens with one attached hydrogen (secondary N) is 2. The number of aryl methyl sites for hydroxylation is 1. The van der Waals surface area contributed by atoms with E-state index in [1.54, 1.807) is 61.7 Å². The van der Waals surface area contributed by atoms with Gasteiger partial charge in [0, 0.05) is 20.7 Å². The lowest BCUT2D eigenvalue weighted by Crippen LogP contribution is -2.30. The van der Waals surface area contributed by atoms with Crippen LogP contribution in [0.4, 0.5) is 5.69 Å². The Morgan fingerprint density at radius 3 is 2.27 bits per heavy atom. The first-order chi connectivity index (χ1) is 15.8. The van der Waals surface area contributed by atoms with Crippen LogP contribution in [0.1, 0.15) is 21.5 Å². The molecule has 0 radical (unpaired) electrons. The van der Waals surface area contributed by atoms with Crippen LogP contribution in [0.2, 0.25) is 5.02 Å². The Kier molecular flexibility index (Phi) is 8.14. The van der Waals surface area contributed by atoms with E-state index in [0.717, 1.165) is 10.0 Å². The molecule has 0 spiro atoms. The molecule has 0 saturated heterocycles. The van der Waals surface area contributed by atoms with Gasteiger partial charge in [-0.2, -0.15) is 0 Å². The van der Waals surface area contributed by atoms with E-state index in [9.17, 15) is 9.59 Å². The number of halogens is 2. The molecular weight excluding hydrogens is 508 g/mol. The van der Waals surface area contributed by atoms with Crippen LogP contribution in [0.15, 0.2) is 70.8 Å². The van der Waals surface area contributed by atoms with Crippen molar-refractivity contribution >= 4 is 51.1 Å². The molecule has 3 rings (SSSR count). The third kappa shape index (κ3) is 6.37. The number of anilines is 1. The van der Waals surface area contributed by atoms with Gasteiger partial charge in [0.1, 0.15) is 5.70 Å². The zero-order valence-corrected chi connectivity index (χ0v) is 20.6. The highest BCUT2D eigenvalue weighted by Crippen LogP contribution is 2.28. The summed E-state index contributed by atoms with van der Waals surface area (Å²) in [5, 5.41) is 6.04. The van der Waals surface area contributed by atoms with Crippen LogP contribution >= 0.6 is 27.5 Å². The highest BCUT2D eigenvalue weighted by atomic mass is 79.9. The molecule has 0 unspecified atom stereocenters. The molecule has 0 aliphatic carbocycles. The zero-order valence-electron chi connectivity index (χ0n) is 18.2. The number of ether oxygens (including phenoxy) is 2. The van der Waals surface area contributed by atoms with Gasteiger partial charge in [-0.1, -0.05) is 33.6 Å². The molecular formula is C25H22BrClN2O4. The third-order valence-electron chi connectivity index (χ3n) is 4.73. The van der Waals surface area contributed by atoms with Crippen molar-refractivity contribution in [2.45, 2.75) is 6.92 Å². The molecule has 6 nitrogen and oxygen atoms in total. The summed E-state index contributed by atoms with van der Waals surface area (Å²) in [7, 11) is 3.07. The lowest BCUT2D eigenvalue weighted by Gasteiger charge is -2.13. The fourth-order valence-corrected chi connectivity index (χ4v) is 3.36. The summed E-state index contributed by atoms with van der Waals surface area (Å²) in [6.45, 7) is 1.92. The summed E-state index contributed by atoms with van der Waals surface area (Å²) in [6.07, 6.45) is 1.57. The van der Waals surface area contributed by atoms with Crippen molar-refractivity contribution in [3.63, 3.8) is 0 Å². The average Bonchev–Trinajstić information content (AvgIpc) is 2.81. The van der Waals surface area contributed by atoms with Crippen LogP contribution < -0.4 is 20.1 Å². The summed E-state index contributed by atoms with van der Waals surface area (Å²) in [6, 6.07) is 17.0. The predicted octanol–water partition coefficient (Wildman–Crippen LogP) is 5.84. The van der Waals surface area contributed by atoms with Crippen molar-refractivity contribution in [3.05, 3.63) is 92.5 Å². The van der Waals surface area contributed by atoms with Crippen molar-refractivity contribution in [3.8, 4) is 11.5 Å². The van der Waals surface area contributed by atoms with E-state index in [-0.39, 0.29) is 5.70 Å². The molecule has 0 aromatic heterocycles. The lowest BCUT2D eigenvalue weighted by atomic mass is 10.1. The molecule has 0 aliphatic rings. The second-order valence-electron chi connectivity index (χ2n) is 7.05. The van der Waals surface area contributed by atoms with Gasteiger partial charge in [-0.15, -0.1) is 0 Å². The minimum absolute atomic E-state index is 0.0581. The Morgan fingerprint density at radius 1 is 0.939 bits per heavy atom. The van der Waals surface area contributed by atoms with Crippen LogP contribution in [0.25, 0.3) is 6.08 Å². The molecule has 8 heteroatoms. The number of amides is 2. The van der Waals surface area contributed by atoms with Crippen LogP contribution in [-0.4, -0.2) is 26.0 Å². The minimum atomic E-state index is -0.478. The van der Waals surface area contributed by atoms with Gasteiger partial charge < -0.3 is 20.1 Å². The Labute approximate surface area is 205 Å². The van der Waals surface area contributed by atoms with Crippen molar-refractivity contribution in [1.29, 1.82) is 0 Å². The minimum Gasteiger partial charge on any atom is -0.493 e. The molecule has 3 aromatic carbocycles. The summed E-state index contributed by atoms with van der Waals surface area (Å²) >= 11 is 9.36. The molecule has 0 fully saturated rings. The number of benzene rings is 3. The van der Waals surface area contributed by atoms with E-state index in [2.05, 4.69) is 26.6 Å². The van der Waals surface area contributed by atoms with Gasteiger partial charge in [0.05, 0.1) is 14.2 Å². The average molecular weight is 530 g/mol. The van der Waals surface area contributed by atoms with Gasteiger partial charge in [0.15, 0.2) is 11.5 Å². The van der Waals surface area contributed by atoms with Gasteiger partial charge >= 0.3 is 0 Å². The van der Waals surface area contributed by atoms with E-state index in [1.807, 2.05) is 19.1 Å². The van der Waals surface area contributed by atoms with Crippen LogP contribution in [0, 0.1) is 6.92 Å². The molecule has 0 bridgehead atoms. The SMILES string of the molecule is COc1ccc(C=C(NC(=O)c2ccc(Cl)cc2)C(=O)Nc2ccc(Br)c(C)c2)cc1OC. The molecule has 0 heterocycles. The van der Waals surface area contributed by atoms with Crippen LogP contribution in [-0.2, 0) is 4.79 Å². The molecule has 0 atom stereocenters. The zero-order chi connectivity index (χ0) is 24.0. The van der Waals surface area contributed by atoms with Gasteiger partial charge in [0.2, 0.25) is 0 Å². The highest BCUT2D eigenvalue weighted by Gasteiger charge is 2.16. The van der Waals surface area contributed by atoms with E-state index >= 15 is 0 Å². The topological polar surface area (TPSA) is 76.7 Å². The lowest BCUT2D eigenvalue weighted by molar-refractivity contribution is -0.113. The Hall–Kier alpha value is -3.29. The van der Waals surface area contributed by atoms with Gasteiger partial charge in [-0.05, 0) is 78.7 Å². The number of hydrogen-bond acceptors (Lipinski definition) is 4. The standard InChI is InChI=1S/C25H22BrClN2O4/c1-15-12-19(9-10-20(15)26)28-25(31)21(29-24(30)17-5-7-18(27)8-6-17)13-16-4-11-22(32-2)23(14-16)33-3/h4-14H,1-3H3,(H,28,31)(H,29,30). The fourth-order valence-electron chi connectivity index (χ4n) is 2.98. The largest absolute Gasteiger partial charge is 0.493 e. The molecule has 0 saturated carbocycles. The maximum absolute atomic E-state index is 13.1. The Morgan fingerprint density at radius 2 is 1.64 bits per heavy atom. The number of methoxy groups -OCH3 is 2. The molecule has 3 aromatic rings. The Balaban J connectivity index is 1.94. The molecule has 2 amide bonds. The molecule has 170 valence electrons. The summed E-state index contributed by atoms with van der Waals surface area (Å²) in [5.41, 5.74) is 2.62. The molecule has 2 N–H and O–H groups in total. The van der Waals surface area contributed by atoms with E-state index < -0.39 is 11.8 Å². The van der Waals surface area contributed by atoms with Gasteiger partial charge in [-0.3, -0.25) is 9.59 Å². The summed E-state index contributed by atoms with van der Waals surface area (Å²) in [4.78, 5) is 25.9.